The van der Waals surface area contributed by atoms with E-state index in [9.17, 15) is 8.42 Å². The van der Waals surface area contributed by atoms with Gasteiger partial charge >= 0.3 is 0 Å². The van der Waals surface area contributed by atoms with E-state index in [1.54, 1.807) is 55.6 Å². The van der Waals surface area contributed by atoms with Gasteiger partial charge in [-0.05, 0) is 61.9 Å². The van der Waals surface area contributed by atoms with E-state index >= 15 is 0 Å². The summed E-state index contributed by atoms with van der Waals surface area (Å²) in [4.78, 5) is 0.229. The van der Waals surface area contributed by atoms with Crippen molar-refractivity contribution in [3.8, 4) is 5.75 Å². The van der Waals surface area contributed by atoms with Gasteiger partial charge < -0.3 is 4.74 Å². The average Bonchev–Trinajstić information content (AvgIpc) is 2.68. The molecule has 0 aliphatic rings. The zero-order valence-corrected chi connectivity index (χ0v) is 17.5. The van der Waals surface area contributed by atoms with Crippen LogP contribution in [0.3, 0.4) is 0 Å². The first-order valence-electron chi connectivity index (χ1n) is 8.83. The number of anilines is 1. The predicted octanol–water partition coefficient (Wildman–Crippen LogP) is 5.61. The summed E-state index contributed by atoms with van der Waals surface area (Å²) in [5.41, 5.74) is 2.31. The number of sulfonamides is 1. The molecule has 0 aliphatic heterocycles. The maximum Gasteiger partial charge on any atom is 0.264 e. The standard InChI is InChI=1S/C22H22ClNO3S/c1-16-10-12-22(13-11-16)28(25,26)24(20-8-5-7-19(23)15-20)17(2)18-6-4-9-21(14-18)27-3/h4-15,17H,1-3H3/t17-/m0/s1. The first-order chi connectivity index (χ1) is 13.3. The van der Waals surface area contributed by atoms with Gasteiger partial charge in [-0.15, -0.1) is 0 Å². The molecule has 4 nitrogen and oxygen atoms in total. The Labute approximate surface area is 171 Å². The Balaban J connectivity index is 2.15. The summed E-state index contributed by atoms with van der Waals surface area (Å²) in [6, 6.07) is 20.6. The molecule has 146 valence electrons. The zero-order valence-electron chi connectivity index (χ0n) is 16.0. The van der Waals surface area contributed by atoms with Gasteiger partial charge in [-0.3, -0.25) is 4.31 Å². The predicted molar refractivity (Wildman–Crippen MR) is 114 cm³/mol. The SMILES string of the molecule is COc1cccc([C@H](C)N(c2cccc(Cl)c2)S(=O)(=O)c2ccc(C)cc2)c1. The van der Waals surface area contributed by atoms with E-state index in [0.29, 0.717) is 16.5 Å². The van der Waals surface area contributed by atoms with Gasteiger partial charge in [0.15, 0.2) is 0 Å². The summed E-state index contributed by atoms with van der Waals surface area (Å²) in [6.45, 7) is 3.77. The van der Waals surface area contributed by atoms with Gasteiger partial charge in [0.1, 0.15) is 5.75 Å². The third kappa shape index (κ3) is 4.16. The Morgan fingerprint density at radius 2 is 1.64 bits per heavy atom. The molecule has 0 N–H and O–H groups in total. The van der Waals surface area contributed by atoms with Crippen LogP contribution in [0.5, 0.6) is 5.75 Å². The number of halogens is 1. The van der Waals surface area contributed by atoms with Crippen molar-refractivity contribution in [1.29, 1.82) is 0 Å². The molecule has 3 rings (SSSR count). The monoisotopic (exact) mass is 415 g/mol. The molecule has 3 aromatic carbocycles. The number of nitrogens with zero attached hydrogens (tertiary/aromatic N) is 1. The van der Waals surface area contributed by atoms with Crippen molar-refractivity contribution in [2.45, 2.75) is 24.8 Å². The molecule has 0 aliphatic carbocycles. The first-order valence-corrected chi connectivity index (χ1v) is 10.7. The Bertz CT molecular complexity index is 1070. The van der Waals surface area contributed by atoms with Crippen LogP contribution >= 0.6 is 11.6 Å². The highest BCUT2D eigenvalue weighted by Crippen LogP contribution is 2.35. The lowest BCUT2D eigenvalue weighted by atomic mass is 10.1. The van der Waals surface area contributed by atoms with E-state index in [1.165, 1.54) is 4.31 Å². The minimum atomic E-state index is -3.82. The molecule has 0 saturated heterocycles. The minimum absolute atomic E-state index is 0.229. The molecule has 3 aromatic rings. The highest BCUT2D eigenvalue weighted by atomic mass is 35.5. The third-order valence-electron chi connectivity index (χ3n) is 4.57. The number of ether oxygens (including phenoxy) is 1. The molecule has 0 saturated carbocycles. The molecule has 6 heteroatoms. The second-order valence-electron chi connectivity index (χ2n) is 6.55. The smallest absolute Gasteiger partial charge is 0.264 e. The molecular weight excluding hydrogens is 394 g/mol. The van der Waals surface area contributed by atoms with Crippen LogP contribution in [0.1, 0.15) is 24.1 Å². The number of rotatable bonds is 6. The van der Waals surface area contributed by atoms with Crippen molar-refractivity contribution in [1.82, 2.24) is 0 Å². The van der Waals surface area contributed by atoms with Gasteiger partial charge in [-0.25, -0.2) is 8.42 Å². The zero-order chi connectivity index (χ0) is 20.3. The van der Waals surface area contributed by atoms with Crippen molar-refractivity contribution in [3.63, 3.8) is 0 Å². The van der Waals surface area contributed by atoms with Crippen LogP contribution in [0.4, 0.5) is 5.69 Å². The van der Waals surface area contributed by atoms with Crippen LogP contribution in [-0.2, 0) is 10.0 Å². The number of aryl methyl sites for hydroxylation is 1. The summed E-state index contributed by atoms with van der Waals surface area (Å²) in [5.74, 6) is 0.670. The molecule has 28 heavy (non-hydrogen) atoms. The Kier molecular flexibility index (Phi) is 5.96. The highest BCUT2D eigenvalue weighted by molar-refractivity contribution is 7.92. The Morgan fingerprint density at radius 3 is 2.29 bits per heavy atom. The van der Waals surface area contributed by atoms with Crippen molar-refractivity contribution >= 4 is 27.3 Å². The van der Waals surface area contributed by atoms with Crippen LogP contribution < -0.4 is 9.04 Å². The molecular formula is C22H22ClNO3S. The van der Waals surface area contributed by atoms with Crippen LogP contribution in [0.25, 0.3) is 0 Å². The van der Waals surface area contributed by atoms with Crippen LogP contribution in [0.2, 0.25) is 5.02 Å². The van der Waals surface area contributed by atoms with Crippen molar-refractivity contribution < 1.29 is 13.2 Å². The summed E-state index contributed by atoms with van der Waals surface area (Å²) < 4.78 is 33.9. The largest absolute Gasteiger partial charge is 0.497 e. The van der Waals surface area contributed by atoms with Crippen LogP contribution in [0.15, 0.2) is 77.7 Å². The van der Waals surface area contributed by atoms with E-state index in [2.05, 4.69) is 0 Å². The maximum atomic E-state index is 13.6. The fourth-order valence-corrected chi connectivity index (χ4v) is 4.87. The van der Waals surface area contributed by atoms with Crippen molar-refractivity contribution in [2.24, 2.45) is 0 Å². The number of benzene rings is 3. The summed E-state index contributed by atoms with van der Waals surface area (Å²) in [7, 11) is -2.24. The second-order valence-corrected chi connectivity index (χ2v) is 8.80. The molecule has 0 amide bonds. The van der Waals surface area contributed by atoms with E-state index in [0.717, 1.165) is 11.1 Å². The molecule has 0 aromatic heterocycles. The van der Waals surface area contributed by atoms with E-state index < -0.39 is 16.1 Å². The van der Waals surface area contributed by atoms with Crippen LogP contribution in [-0.4, -0.2) is 15.5 Å². The number of hydrogen-bond donors (Lipinski definition) is 0. The van der Waals surface area contributed by atoms with Crippen molar-refractivity contribution in [3.05, 3.63) is 88.9 Å². The van der Waals surface area contributed by atoms with Gasteiger partial charge in [0.2, 0.25) is 0 Å². The highest BCUT2D eigenvalue weighted by Gasteiger charge is 2.30. The lowest BCUT2D eigenvalue weighted by Crippen LogP contribution is -2.33. The normalized spacial score (nSPS) is 12.4. The van der Waals surface area contributed by atoms with E-state index in [4.69, 9.17) is 16.3 Å². The molecule has 0 spiro atoms. The van der Waals surface area contributed by atoms with Gasteiger partial charge in [0.05, 0.1) is 23.7 Å². The number of hydrogen-bond acceptors (Lipinski definition) is 3. The summed E-state index contributed by atoms with van der Waals surface area (Å²) in [6.07, 6.45) is 0. The third-order valence-corrected chi connectivity index (χ3v) is 6.72. The quantitative estimate of drug-likeness (QED) is 0.525. The van der Waals surface area contributed by atoms with Crippen molar-refractivity contribution in [2.75, 3.05) is 11.4 Å². The molecule has 0 bridgehead atoms. The van der Waals surface area contributed by atoms with E-state index in [-0.39, 0.29) is 4.90 Å². The molecule has 1 atom stereocenters. The van der Waals surface area contributed by atoms with E-state index in [1.807, 2.05) is 38.1 Å². The number of methoxy groups -OCH3 is 1. The Morgan fingerprint density at radius 1 is 0.964 bits per heavy atom. The average molecular weight is 416 g/mol. The molecule has 0 heterocycles. The minimum Gasteiger partial charge on any atom is -0.497 e. The lowest BCUT2D eigenvalue weighted by Gasteiger charge is -2.31. The van der Waals surface area contributed by atoms with Gasteiger partial charge in [-0.1, -0.05) is 47.5 Å². The molecule has 0 unspecified atom stereocenters. The van der Waals surface area contributed by atoms with Gasteiger partial charge in [-0.2, -0.15) is 0 Å². The fraction of sp³-hybridized carbons (Fsp3) is 0.182. The molecule has 0 fully saturated rings. The summed E-state index contributed by atoms with van der Waals surface area (Å²) in [5, 5.41) is 0.472. The summed E-state index contributed by atoms with van der Waals surface area (Å²) >= 11 is 6.16. The maximum absolute atomic E-state index is 13.6. The topological polar surface area (TPSA) is 46.6 Å². The fourth-order valence-electron chi connectivity index (χ4n) is 3.04. The van der Waals surface area contributed by atoms with Gasteiger partial charge in [0.25, 0.3) is 10.0 Å². The molecule has 0 radical (unpaired) electrons. The van der Waals surface area contributed by atoms with Gasteiger partial charge in [0, 0.05) is 5.02 Å². The lowest BCUT2D eigenvalue weighted by molar-refractivity contribution is 0.414. The van der Waals surface area contributed by atoms with Crippen LogP contribution in [0, 0.1) is 6.92 Å². The second kappa shape index (κ2) is 8.25. The first kappa shape index (κ1) is 20.2. The Hall–Kier alpha value is -2.50.